The zero-order valence-corrected chi connectivity index (χ0v) is 13.3. The number of hydrogen-bond acceptors (Lipinski definition) is 4. The molecule has 2 aromatic rings. The number of para-hydroxylation sites is 1. The summed E-state index contributed by atoms with van der Waals surface area (Å²) in [6.45, 7) is 1.95. The fourth-order valence-corrected chi connectivity index (χ4v) is 2.06. The monoisotopic (exact) mass is 312 g/mol. The lowest BCUT2D eigenvalue weighted by molar-refractivity contribution is -0.120. The lowest BCUT2D eigenvalue weighted by atomic mass is 10.1. The maximum Gasteiger partial charge on any atom is 0.238 e. The zero-order valence-electron chi connectivity index (χ0n) is 13.3. The van der Waals surface area contributed by atoms with Crippen LogP contribution in [-0.2, 0) is 4.79 Å². The summed E-state index contributed by atoms with van der Waals surface area (Å²) in [7, 11) is 1.57. The van der Waals surface area contributed by atoms with Crippen LogP contribution in [0.5, 0.6) is 5.75 Å². The lowest BCUT2D eigenvalue weighted by Gasteiger charge is -2.10. The van der Waals surface area contributed by atoms with Crippen LogP contribution in [-0.4, -0.2) is 18.8 Å². The van der Waals surface area contributed by atoms with E-state index in [1.54, 1.807) is 31.4 Å². The van der Waals surface area contributed by atoms with Crippen molar-refractivity contribution in [3.63, 3.8) is 0 Å². The molecule has 0 saturated carbocycles. The molecule has 0 aliphatic rings. The van der Waals surface area contributed by atoms with Crippen molar-refractivity contribution in [1.82, 2.24) is 5.43 Å². The maximum atomic E-state index is 12.0. The molecule has 0 fully saturated rings. The van der Waals surface area contributed by atoms with Crippen molar-refractivity contribution < 1.29 is 14.3 Å². The number of rotatable bonds is 7. The number of hydrogen-bond donors (Lipinski definition) is 2. The molecule has 0 heterocycles. The van der Waals surface area contributed by atoms with Gasteiger partial charge in [0.05, 0.1) is 12.8 Å². The Morgan fingerprint density at radius 3 is 2.35 bits per heavy atom. The molecule has 0 bridgehead atoms. The molecule has 0 atom stereocenters. The van der Waals surface area contributed by atoms with Crippen LogP contribution >= 0.6 is 0 Å². The Kier molecular flexibility index (Phi) is 5.74. The molecule has 0 aliphatic carbocycles. The first-order valence-corrected chi connectivity index (χ1v) is 7.38. The Morgan fingerprint density at radius 2 is 1.70 bits per heavy atom. The van der Waals surface area contributed by atoms with E-state index < -0.39 is 0 Å². The van der Waals surface area contributed by atoms with Gasteiger partial charge in [0.25, 0.3) is 0 Å². The summed E-state index contributed by atoms with van der Waals surface area (Å²) in [5.41, 5.74) is 7.91. The Bertz CT molecular complexity index is 681. The fraction of sp³-hybridized carbons (Fsp3) is 0.222. The fourth-order valence-electron chi connectivity index (χ4n) is 2.06. The third-order valence-electron chi connectivity index (χ3n) is 3.47. The van der Waals surface area contributed by atoms with Crippen molar-refractivity contribution in [2.24, 2.45) is 0 Å². The molecule has 1 amide bonds. The molecule has 2 N–H and O–H groups in total. The topological polar surface area (TPSA) is 67.4 Å². The Morgan fingerprint density at radius 1 is 1.00 bits per heavy atom. The van der Waals surface area contributed by atoms with Gasteiger partial charge in [-0.3, -0.25) is 20.4 Å². The minimum Gasteiger partial charge on any atom is -0.497 e. The first-order chi connectivity index (χ1) is 11.1. The number of ketones is 1. The number of benzene rings is 2. The van der Waals surface area contributed by atoms with E-state index in [1.165, 1.54) is 0 Å². The highest BCUT2D eigenvalue weighted by atomic mass is 16.5. The van der Waals surface area contributed by atoms with Crippen LogP contribution in [0.25, 0.3) is 0 Å². The summed E-state index contributed by atoms with van der Waals surface area (Å²) in [5.74, 6) is 0.399. The lowest BCUT2D eigenvalue weighted by Crippen LogP contribution is -2.29. The Labute approximate surface area is 135 Å². The van der Waals surface area contributed by atoms with Gasteiger partial charge in [-0.2, -0.15) is 0 Å². The number of methoxy groups -OCH3 is 1. The minimum absolute atomic E-state index is 0.0707. The van der Waals surface area contributed by atoms with Gasteiger partial charge in [-0.15, -0.1) is 0 Å². The summed E-state index contributed by atoms with van der Waals surface area (Å²) in [5, 5.41) is 0. The highest BCUT2D eigenvalue weighted by molar-refractivity contribution is 5.98. The Balaban J connectivity index is 1.79. The first kappa shape index (κ1) is 16.5. The zero-order chi connectivity index (χ0) is 16.7. The summed E-state index contributed by atoms with van der Waals surface area (Å²) in [6.07, 6.45) is 0.289. The quantitative estimate of drug-likeness (QED) is 0.609. The van der Waals surface area contributed by atoms with Crippen molar-refractivity contribution in [1.29, 1.82) is 0 Å². The van der Waals surface area contributed by atoms with Crippen molar-refractivity contribution in [2.75, 3.05) is 12.5 Å². The van der Waals surface area contributed by atoms with Crippen LogP contribution in [0, 0.1) is 6.92 Å². The molecule has 0 aromatic heterocycles. The van der Waals surface area contributed by atoms with Crippen LogP contribution in [0.15, 0.2) is 48.5 Å². The van der Waals surface area contributed by atoms with Gasteiger partial charge in [0.1, 0.15) is 5.75 Å². The molecule has 2 rings (SSSR count). The number of amides is 1. The van der Waals surface area contributed by atoms with Gasteiger partial charge in [0.2, 0.25) is 5.91 Å². The van der Waals surface area contributed by atoms with Gasteiger partial charge in [0.15, 0.2) is 5.78 Å². The number of carbonyl (C=O) groups excluding carboxylic acids is 2. The predicted octanol–water partition coefficient (Wildman–Crippen LogP) is 3.11. The molecule has 120 valence electrons. The van der Waals surface area contributed by atoms with Crippen molar-refractivity contribution >= 4 is 17.4 Å². The summed E-state index contributed by atoms with van der Waals surface area (Å²) in [4.78, 5) is 23.9. The standard InChI is InChI=1S/C18H20N2O3/c1-13-5-3-4-6-16(13)19-20-18(22)12-11-17(21)14-7-9-15(23-2)10-8-14/h3-10,19H,11-12H2,1-2H3,(H,20,22). The average Bonchev–Trinajstić information content (AvgIpc) is 2.59. The van der Waals surface area contributed by atoms with Gasteiger partial charge < -0.3 is 4.74 Å². The number of aryl methyl sites for hydroxylation is 1. The SMILES string of the molecule is COc1ccc(C(=O)CCC(=O)NNc2ccccc2C)cc1. The van der Waals surface area contributed by atoms with E-state index in [-0.39, 0.29) is 24.5 Å². The third-order valence-corrected chi connectivity index (χ3v) is 3.47. The first-order valence-electron chi connectivity index (χ1n) is 7.38. The third kappa shape index (κ3) is 4.85. The average molecular weight is 312 g/mol. The Hall–Kier alpha value is -2.82. The second kappa shape index (κ2) is 7.98. The normalized spacial score (nSPS) is 10.0. The van der Waals surface area contributed by atoms with Gasteiger partial charge in [-0.05, 0) is 42.8 Å². The molecule has 0 saturated heterocycles. The van der Waals surface area contributed by atoms with Gasteiger partial charge in [-0.1, -0.05) is 18.2 Å². The number of carbonyl (C=O) groups is 2. The van der Waals surface area contributed by atoms with E-state index in [1.807, 2.05) is 31.2 Å². The molecule has 5 heteroatoms. The van der Waals surface area contributed by atoms with Gasteiger partial charge in [-0.25, -0.2) is 0 Å². The van der Waals surface area contributed by atoms with E-state index in [0.29, 0.717) is 11.3 Å². The number of ether oxygens (including phenoxy) is 1. The minimum atomic E-state index is -0.227. The van der Waals surface area contributed by atoms with E-state index in [0.717, 1.165) is 11.3 Å². The van der Waals surface area contributed by atoms with Crippen LogP contribution in [0.2, 0.25) is 0 Å². The van der Waals surface area contributed by atoms with Crippen LogP contribution < -0.4 is 15.6 Å². The molecule has 0 aliphatic heterocycles. The molecule has 5 nitrogen and oxygen atoms in total. The maximum absolute atomic E-state index is 12.0. The highest BCUT2D eigenvalue weighted by Crippen LogP contribution is 2.14. The second-order valence-corrected chi connectivity index (χ2v) is 5.14. The predicted molar refractivity (Wildman–Crippen MR) is 89.5 cm³/mol. The smallest absolute Gasteiger partial charge is 0.238 e. The van der Waals surface area contributed by atoms with Gasteiger partial charge >= 0.3 is 0 Å². The summed E-state index contributed by atoms with van der Waals surface area (Å²) in [6, 6.07) is 14.5. The number of anilines is 1. The van der Waals surface area contributed by atoms with E-state index in [2.05, 4.69) is 10.9 Å². The molecule has 0 unspecified atom stereocenters. The number of Topliss-reactive ketones (excluding diaryl/α,β-unsaturated/α-hetero) is 1. The molecule has 0 radical (unpaired) electrons. The van der Waals surface area contributed by atoms with Crippen LogP contribution in [0.3, 0.4) is 0 Å². The highest BCUT2D eigenvalue weighted by Gasteiger charge is 2.09. The van der Waals surface area contributed by atoms with Gasteiger partial charge in [0, 0.05) is 18.4 Å². The summed E-state index contributed by atoms with van der Waals surface area (Å²) < 4.78 is 5.05. The number of hydrazine groups is 1. The van der Waals surface area contributed by atoms with Crippen molar-refractivity contribution in [3.8, 4) is 5.75 Å². The van der Waals surface area contributed by atoms with E-state index >= 15 is 0 Å². The molecule has 0 spiro atoms. The number of nitrogens with one attached hydrogen (secondary N) is 2. The van der Waals surface area contributed by atoms with Crippen LogP contribution in [0.1, 0.15) is 28.8 Å². The molecular formula is C18H20N2O3. The molecular weight excluding hydrogens is 292 g/mol. The van der Waals surface area contributed by atoms with Crippen molar-refractivity contribution in [2.45, 2.75) is 19.8 Å². The van der Waals surface area contributed by atoms with Crippen LogP contribution in [0.4, 0.5) is 5.69 Å². The molecule has 2 aromatic carbocycles. The second-order valence-electron chi connectivity index (χ2n) is 5.14. The van der Waals surface area contributed by atoms with E-state index in [9.17, 15) is 9.59 Å². The molecule has 23 heavy (non-hydrogen) atoms. The van der Waals surface area contributed by atoms with Crippen molar-refractivity contribution in [3.05, 3.63) is 59.7 Å². The largest absolute Gasteiger partial charge is 0.497 e. The summed E-state index contributed by atoms with van der Waals surface area (Å²) >= 11 is 0. The van der Waals surface area contributed by atoms with E-state index in [4.69, 9.17) is 4.74 Å².